The largest absolute Gasteiger partial charge is 0.378 e. The Balaban J connectivity index is 1.78. The second-order valence-corrected chi connectivity index (χ2v) is 5.12. The number of rotatable bonds is 2. The van der Waals surface area contributed by atoms with Gasteiger partial charge in [-0.15, -0.1) is 0 Å². The number of carbonyl (C=O) groups excluding carboxylic acids is 1. The smallest absolute Gasteiger partial charge is 0.252 e. The van der Waals surface area contributed by atoms with Crippen LogP contribution in [0.25, 0.3) is 10.9 Å². The number of ether oxygens (including phenoxy) is 1. The third-order valence-electron chi connectivity index (χ3n) is 3.66. The minimum Gasteiger partial charge on any atom is -0.378 e. The van der Waals surface area contributed by atoms with Crippen molar-refractivity contribution in [1.29, 1.82) is 0 Å². The SMILES string of the molecule is CC1CC(NC(=O)c2cccc3[nH]ccc23)CCO1. The first-order chi connectivity index (χ1) is 9.24. The molecule has 1 fully saturated rings. The topological polar surface area (TPSA) is 54.1 Å². The lowest BCUT2D eigenvalue weighted by molar-refractivity contribution is 0.0137. The highest BCUT2D eigenvalue weighted by Crippen LogP contribution is 2.19. The van der Waals surface area contributed by atoms with Crippen LogP contribution in [0.2, 0.25) is 0 Å². The standard InChI is InChI=1S/C15H18N2O2/c1-10-9-11(6-8-19-10)17-15(18)13-3-2-4-14-12(13)5-7-16-14/h2-5,7,10-11,16H,6,8-9H2,1H3,(H,17,18). The van der Waals surface area contributed by atoms with Crippen molar-refractivity contribution in [3.63, 3.8) is 0 Å². The molecule has 0 spiro atoms. The number of hydrogen-bond donors (Lipinski definition) is 2. The minimum absolute atomic E-state index is 0.00398. The molecule has 0 radical (unpaired) electrons. The van der Waals surface area contributed by atoms with Crippen LogP contribution in [-0.2, 0) is 4.74 Å². The van der Waals surface area contributed by atoms with E-state index in [1.807, 2.05) is 37.4 Å². The van der Waals surface area contributed by atoms with Gasteiger partial charge >= 0.3 is 0 Å². The number of nitrogens with one attached hydrogen (secondary N) is 2. The lowest BCUT2D eigenvalue weighted by atomic mass is 10.0. The molecule has 2 N–H and O–H groups in total. The second kappa shape index (κ2) is 5.05. The summed E-state index contributed by atoms with van der Waals surface area (Å²) in [7, 11) is 0. The van der Waals surface area contributed by atoms with Gasteiger partial charge in [0.05, 0.1) is 6.10 Å². The lowest BCUT2D eigenvalue weighted by Crippen LogP contribution is -2.41. The summed E-state index contributed by atoms with van der Waals surface area (Å²) in [6.45, 7) is 2.77. The van der Waals surface area contributed by atoms with Crippen molar-refractivity contribution in [3.05, 3.63) is 36.0 Å². The van der Waals surface area contributed by atoms with Crippen LogP contribution in [0.1, 0.15) is 30.1 Å². The van der Waals surface area contributed by atoms with Crippen molar-refractivity contribution < 1.29 is 9.53 Å². The molecule has 2 unspecified atom stereocenters. The first-order valence-corrected chi connectivity index (χ1v) is 6.72. The van der Waals surface area contributed by atoms with Gasteiger partial charge in [-0.2, -0.15) is 0 Å². The van der Waals surface area contributed by atoms with Gasteiger partial charge in [-0.05, 0) is 38.0 Å². The Bertz CT molecular complexity index is 591. The van der Waals surface area contributed by atoms with E-state index in [4.69, 9.17) is 4.74 Å². The molecule has 2 atom stereocenters. The van der Waals surface area contributed by atoms with Crippen LogP contribution in [0.4, 0.5) is 0 Å². The summed E-state index contributed by atoms with van der Waals surface area (Å²) in [5.74, 6) is 0.00398. The number of fused-ring (bicyclic) bond motifs is 1. The molecule has 2 aromatic rings. The maximum absolute atomic E-state index is 12.4. The summed E-state index contributed by atoms with van der Waals surface area (Å²) in [6.07, 6.45) is 3.86. The van der Waals surface area contributed by atoms with Crippen LogP contribution in [0.5, 0.6) is 0 Å². The van der Waals surface area contributed by atoms with Crippen molar-refractivity contribution in [1.82, 2.24) is 10.3 Å². The Morgan fingerprint density at radius 2 is 2.32 bits per heavy atom. The molecule has 1 saturated heterocycles. The molecule has 1 amide bonds. The van der Waals surface area contributed by atoms with Gasteiger partial charge in [0.2, 0.25) is 0 Å². The molecule has 3 rings (SSSR count). The van der Waals surface area contributed by atoms with Gasteiger partial charge in [0.25, 0.3) is 5.91 Å². The number of benzene rings is 1. The minimum atomic E-state index is 0.00398. The predicted octanol–water partition coefficient (Wildman–Crippen LogP) is 2.47. The Morgan fingerprint density at radius 1 is 1.42 bits per heavy atom. The number of aromatic amines is 1. The molecule has 0 bridgehead atoms. The zero-order chi connectivity index (χ0) is 13.2. The van der Waals surface area contributed by atoms with E-state index in [2.05, 4.69) is 10.3 Å². The highest BCUT2D eigenvalue weighted by molar-refractivity contribution is 6.06. The van der Waals surface area contributed by atoms with Crippen molar-refractivity contribution in [2.45, 2.75) is 31.9 Å². The molecular weight excluding hydrogens is 240 g/mol. The van der Waals surface area contributed by atoms with Crippen LogP contribution in [0, 0.1) is 0 Å². The number of amides is 1. The van der Waals surface area contributed by atoms with Gasteiger partial charge < -0.3 is 15.0 Å². The highest BCUT2D eigenvalue weighted by Gasteiger charge is 2.22. The third-order valence-corrected chi connectivity index (χ3v) is 3.66. The fourth-order valence-corrected chi connectivity index (χ4v) is 2.68. The summed E-state index contributed by atoms with van der Waals surface area (Å²) >= 11 is 0. The number of hydrogen-bond acceptors (Lipinski definition) is 2. The third kappa shape index (κ3) is 2.49. The quantitative estimate of drug-likeness (QED) is 0.869. The fourth-order valence-electron chi connectivity index (χ4n) is 2.68. The van der Waals surface area contributed by atoms with Crippen LogP contribution in [-0.4, -0.2) is 29.6 Å². The van der Waals surface area contributed by atoms with E-state index in [0.29, 0.717) is 0 Å². The van der Waals surface area contributed by atoms with Crippen LogP contribution >= 0.6 is 0 Å². The molecule has 1 aromatic carbocycles. The Labute approximate surface area is 112 Å². The second-order valence-electron chi connectivity index (χ2n) is 5.12. The molecule has 4 nitrogen and oxygen atoms in total. The molecular formula is C15H18N2O2. The van der Waals surface area contributed by atoms with Crippen molar-refractivity contribution in [2.24, 2.45) is 0 Å². The summed E-state index contributed by atoms with van der Waals surface area (Å²) in [4.78, 5) is 15.5. The zero-order valence-electron chi connectivity index (χ0n) is 11.0. The molecule has 0 aliphatic carbocycles. The van der Waals surface area contributed by atoms with E-state index >= 15 is 0 Å². The van der Waals surface area contributed by atoms with Gasteiger partial charge in [-0.1, -0.05) is 6.07 Å². The Morgan fingerprint density at radius 3 is 3.16 bits per heavy atom. The number of carbonyl (C=O) groups is 1. The summed E-state index contributed by atoms with van der Waals surface area (Å²) < 4.78 is 5.50. The maximum Gasteiger partial charge on any atom is 0.252 e. The van der Waals surface area contributed by atoms with Gasteiger partial charge in [0.15, 0.2) is 0 Å². The normalized spacial score (nSPS) is 23.4. The molecule has 4 heteroatoms. The molecule has 19 heavy (non-hydrogen) atoms. The van der Waals surface area contributed by atoms with Crippen LogP contribution < -0.4 is 5.32 Å². The molecule has 0 saturated carbocycles. The predicted molar refractivity (Wildman–Crippen MR) is 74.2 cm³/mol. The van der Waals surface area contributed by atoms with Gasteiger partial charge in [-0.25, -0.2) is 0 Å². The Kier molecular flexibility index (Phi) is 3.25. The summed E-state index contributed by atoms with van der Waals surface area (Å²) in [5.41, 5.74) is 1.73. The monoisotopic (exact) mass is 258 g/mol. The van der Waals surface area contributed by atoms with Crippen LogP contribution in [0.15, 0.2) is 30.5 Å². The van der Waals surface area contributed by atoms with E-state index in [1.165, 1.54) is 0 Å². The van der Waals surface area contributed by atoms with E-state index in [0.717, 1.165) is 35.9 Å². The highest BCUT2D eigenvalue weighted by atomic mass is 16.5. The number of H-pyrrole nitrogens is 1. The summed E-state index contributed by atoms with van der Waals surface area (Å²) in [6, 6.07) is 7.90. The molecule has 2 heterocycles. The fraction of sp³-hybridized carbons (Fsp3) is 0.400. The van der Waals surface area contributed by atoms with E-state index in [-0.39, 0.29) is 18.1 Å². The maximum atomic E-state index is 12.4. The van der Waals surface area contributed by atoms with Gasteiger partial charge in [-0.3, -0.25) is 4.79 Å². The van der Waals surface area contributed by atoms with E-state index < -0.39 is 0 Å². The number of aromatic nitrogens is 1. The first kappa shape index (κ1) is 12.2. The molecule has 1 aliphatic rings. The zero-order valence-corrected chi connectivity index (χ0v) is 11.0. The van der Waals surface area contributed by atoms with Crippen molar-refractivity contribution in [2.75, 3.05) is 6.61 Å². The van der Waals surface area contributed by atoms with Gasteiger partial charge in [0, 0.05) is 35.3 Å². The van der Waals surface area contributed by atoms with Crippen molar-refractivity contribution >= 4 is 16.8 Å². The first-order valence-electron chi connectivity index (χ1n) is 6.72. The molecule has 1 aliphatic heterocycles. The van der Waals surface area contributed by atoms with Gasteiger partial charge in [0.1, 0.15) is 0 Å². The van der Waals surface area contributed by atoms with E-state index in [1.54, 1.807) is 0 Å². The lowest BCUT2D eigenvalue weighted by Gasteiger charge is -2.28. The summed E-state index contributed by atoms with van der Waals surface area (Å²) in [5, 5.41) is 4.09. The van der Waals surface area contributed by atoms with E-state index in [9.17, 15) is 4.79 Å². The Hall–Kier alpha value is -1.81. The van der Waals surface area contributed by atoms with Crippen molar-refractivity contribution in [3.8, 4) is 0 Å². The average molecular weight is 258 g/mol. The molecule has 1 aromatic heterocycles. The average Bonchev–Trinajstić information content (AvgIpc) is 2.86. The molecule has 100 valence electrons. The van der Waals surface area contributed by atoms with Crippen LogP contribution in [0.3, 0.4) is 0 Å².